The topological polar surface area (TPSA) is 113 Å². The van der Waals surface area contributed by atoms with Crippen LogP contribution < -0.4 is 11.1 Å². The number of amides is 1. The minimum Gasteiger partial charge on any atom is -0.383 e. The molecule has 3 N–H and O–H groups in total. The van der Waals surface area contributed by atoms with Gasteiger partial charge in [0, 0.05) is 18.6 Å². The summed E-state index contributed by atoms with van der Waals surface area (Å²) < 4.78 is 4.76. The van der Waals surface area contributed by atoms with Crippen LogP contribution in [0.25, 0.3) is 10.4 Å². The van der Waals surface area contributed by atoms with E-state index in [2.05, 4.69) is 15.3 Å². The van der Waals surface area contributed by atoms with E-state index in [1.807, 2.05) is 0 Å². The lowest BCUT2D eigenvalue weighted by atomic mass is 10.3. The third-order valence-electron chi connectivity index (χ3n) is 1.37. The van der Waals surface area contributed by atoms with Crippen LogP contribution in [0.1, 0.15) is 0 Å². The molecule has 0 aromatic heterocycles. The molecule has 0 aliphatic carbocycles. The molecule has 7 heteroatoms. The summed E-state index contributed by atoms with van der Waals surface area (Å²) in [6.07, 6.45) is 0. The van der Waals surface area contributed by atoms with Gasteiger partial charge < -0.3 is 15.8 Å². The summed E-state index contributed by atoms with van der Waals surface area (Å²) in [4.78, 5) is 13.3. The van der Waals surface area contributed by atoms with Crippen molar-refractivity contribution in [2.45, 2.75) is 6.04 Å². The maximum atomic E-state index is 10.7. The zero-order valence-electron chi connectivity index (χ0n) is 7.43. The lowest BCUT2D eigenvalue weighted by molar-refractivity contribution is -0.119. The number of azide groups is 1. The first-order valence-corrected chi connectivity index (χ1v) is 3.75. The Labute approximate surface area is 75.9 Å². The molecule has 0 radical (unpaired) electrons. The van der Waals surface area contributed by atoms with Crippen molar-refractivity contribution in [3.63, 3.8) is 0 Å². The molecule has 0 aromatic carbocycles. The Hall–Kier alpha value is -1.30. The van der Waals surface area contributed by atoms with E-state index in [1.165, 1.54) is 0 Å². The summed E-state index contributed by atoms with van der Waals surface area (Å²) in [7, 11) is 1.55. The van der Waals surface area contributed by atoms with E-state index in [0.717, 1.165) is 0 Å². The van der Waals surface area contributed by atoms with Crippen LogP contribution in [-0.4, -0.2) is 38.8 Å². The Morgan fingerprint density at radius 3 is 3.00 bits per heavy atom. The fourth-order valence-electron chi connectivity index (χ4n) is 0.708. The molecular formula is C6H13N5O2. The Bertz CT molecular complexity index is 201. The number of carbonyl (C=O) groups is 1. The van der Waals surface area contributed by atoms with Crippen LogP contribution in [-0.2, 0) is 9.53 Å². The van der Waals surface area contributed by atoms with Crippen molar-refractivity contribution in [1.29, 1.82) is 0 Å². The summed E-state index contributed by atoms with van der Waals surface area (Å²) in [5.41, 5.74) is 13.1. The predicted molar refractivity (Wildman–Crippen MR) is 46.9 cm³/mol. The summed E-state index contributed by atoms with van der Waals surface area (Å²) in [5.74, 6) is -0.538. The number of methoxy groups -OCH3 is 1. The Kier molecular flexibility index (Phi) is 6.62. The average molecular weight is 187 g/mol. The zero-order chi connectivity index (χ0) is 10.1. The summed E-state index contributed by atoms with van der Waals surface area (Å²) >= 11 is 0. The van der Waals surface area contributed by atoms with Crippen LogP contribution >= 0.6 is 0 Å². The molecule has 1 unspecified atom stereocenters. The number of carbonyl (C=O) groups excluding carboxylic acids is 1. The third-order valence-corrected chi connectivity index (χ3v) is 1.37. The number of hydrogen-bond acceptors (Lipinski definition) is 4. The van der Waals surface area contributed by atoms with Crippen molar-refractivity contribution >= 4 is 5.91 Å². The third kappa shape index (κ3) is 5.92. The molecule has 74 valence electrons. The molecule has 13 heavy (non-hydrogen) atoms. The van der Waals surface area contributed by atoms with Crippen LogP contribution in [0, 0.1) is 0 Å². The van der Waals surface area contributed by atoms with Gasteiger partial charge in [-0.1, -0.05) is 5.11 Å². The van der Waals surface area contributed by atoms with Gasteiger partial charge in [-0.25, -0.2) is 0 Å². The molecule has 0 saturated carbocycles. The van der Waals surface area contributed by atoms with E-state index in [-0.39, 0.29) is 6.54 Å². The van der Waals surface area contributed by atoms with Crippen molar-refractivity contribution < 1.29 is 9.53 Å². The highest BCUT2D eigenvalue weighted by molar-refractivity contribution is 5.80. The molecule has 0 aliphatic heterocycles. The SMILES string of the molecule is COCCNC(CN=[N+]=[N-])C(N)=O. The van der Waals surface area contributed by atoms with Gasteiger partial charge in [0.15, 0.2) is 0 Å². The number of nitrogens with two attached hydrogens (primary N) is 1. The molecule has 0 aliphatic rings. The number of nitrogens with one attached hydrogen (secondary N) is 1. The first kappa shape index (κ1) is 11.7. The molecule has 1 atom stereocenters. The second-order valence-corrected chi connectivity index (χ2v) is 2.32. The number of rotatable bonds is 7. The van der Waals surface area contributed by atoms with Crippen LogP contribution in [0.3, 0.4) is 0 Å². The molecule has 0 bridgehead atoms. The minimum atomic E-state index is -0.619. The molecule has 0 saturated heterocycles. The normalized spacial score (nSPS) is 11.8. The molecule has 1 amide bonds. The van der Waals surface area contributed by atoms with Crippen molar-refractivity contribution in [3.05, 3.63) is 10.4 Å². The highest BCUT2D eigenvalue weighted by Gasteiger charge is 2.12. The average Bonchev–Trinajstić information content (AvgIpc) is 2.10. The van der Waals surface area contributed by atoms with E-state index in [0.29, 0.717) is 13.2 Å². The molecule has 7 nitrogen and oxygen atoms in total. The lowest BCUT2D eigenvalue weighted by Gasteiger charge is -2.11. The minimum absolute atomic E-state index is 0.0234. The van der Waals surface area contributed by atoms with Gasteiger partial charge in [0.25, 0.3) is 0 Å². The van der Waals surface area contributed by atoms with Crippen molar-refractivity contribution in [2.24, 2.45) is 10.8 Å². The van der Waals surface area contributed by atoms with Gasteiger partial charge in [-0.3, -0.25) is 4.79 Å². The first-order valence-electron chi connectivity index (χ1n) is 3.75. The van der Waals surface area contributed by atoms with Crippen LogP contribution in [0.5, 0.6) is 0 Å². The van der Waals surface area contributed by atoms with Crippen LogP contribution in [0.2, 0.25) is 0 Å². The quantitative estimate of drug-likeness (QED) is 0.240. The van der Waals surface area contributed by atoms with Crippen LogP contribution in [0.15, 0.2) is 5.11 Å². The zero-order valence-corrected chi connectivity index (χ0v) is 7.43. The van der Waals surface area contributed by atoms with Crippen molar-refractivity contribution in [2.75, 3.05) is 26.8 Å². The Morgan fingerprint density at radius 1 is 1.85 bits per heavy atom. The molecule has 0 spiro atoms. The highest BCUT2D eigenvalue weighted by Crippen LogP contribution is 1.84. The molecule has 0 fully saturated rings. The summed E-state index contributed by atoms with van der Waals surface area (Å²) in [5, 5.41) is 6.04. The number of nitrogens with zero attached hydrogens (tertiary/aromatic N) is 3. The number of hydrogen-bond donors (Lipinski definition) is 2. The second-order valence-electron chi connectivity index (χ2n) is 2.32. The summed E-state index contributed by atoms with van der Waals surface area (Å²) in [6.45, 7) is 0.987. The predicted octanol–water partition coefficient (Wildman–Crippen LogP) is -0.613. The van der Waals surface area contributed by atoms with Crippen molar-refractivity contribution in [1.82, 2.24) is 5.32 Å². The Morgan fingerprint density at radius 2 is 2.54 bits per heavy atom. The monoisotopic (exact) mass is 187 g/mol. The van der Waals surface area contributed by atoms with E-state index >= 15 is 0 Å². The molecular weight excluding hydrogens is 174 g/mol. The van der Waals surface area contributed by atoms with Gasteiger partial charge in [-0.2, -0.15) is 0 Å². The smallest absolute Gasteiger partial charge is 0.234 e. The maximum absolute atomic E-state index is 10.7. The van der Waals surface area contributed by atoms with Gasteiger partial charge in [-0.15, -0.1) is 0 Å². The second kappa shape index (κ2) is 7.35. The highest BCUT2D eigenvalue weighted by atomic mass is 16.5. The van der Waals surface area contributed by atoms with Gasteiger partial charge >= 0.3 is 0 Å². The van der Waals surface area contributed by atoms with E-state index < -0.39 is 11.9 Å². The van der Waals surface area contributed by atoms with E-state index in [4.69, 9.17) is 16.0 Å². The number of ether oxygens (including phenoxy) is 1. The van der Waals surface area contributed by atoms with Gasteiger partial charge in [-0.05, 0) is 5.53 Å². The van der Waals surface area contributed by atoms with E-state index in [9.17, 15) is 4.79 Å². The fraction of sp³-hybridized carbons (Fsp3) is 0.833. The van der Waals surface area contributed by atoms with Gasteiger partial charge in [0.05, 0.1) is 19.2 Å². The summed E-state index contributed by atoms with van der Waals surface area (Å²) in [6, 6.07) is -0.619. The largest absolute Gasteiger partial charge is 0.383 e. The molecule has 0 heterocycles. The van der Waals surface area contributed by atoms with E-state index in [1.54, 1.807) is 7.11 Å². The van der Waals surface area contributed by atoms with Gasteiger partial charge in [0.2, 0.25) is 5.91 Å². The fourth-order valence-corrected chi connectivity index (χ4v) is 0.708. The molecule has 0 rings (SSSR count). The van der Waals surface area contributed by atoms with Crippen LogP contribution in [0.4, 0.5) is 0 Å². The standard InChI is InChI=1S/C6H13N5O2/c1-13-3-2-9-5(6(7)12)4-10-11-8/h5,9H,2-4H2,1H3,(H2,7,12). The lowest BCUT2D eigenvalue weighted by Crippen LogP contribution is -2.44. The molecule has 0 aromatic rings. The Balaban J connectivity index is 3.80. The number of primary amides is 1. The van der Waals surface area contributed by atoms with Gasteiger partial charge in [0.1, 0.15) is 0 Å². The van der Waals surface area contributed by atoms with Crippen molar-refractivity contribution in [3.8, 4) is 0 Å². The first-order chi connectivity index (χ1) is 6.22. The maximum Gasteiger partial charge on any atom is 0.234 e.